The number of hydrogen-bond donors (Lipinski definition) is 2. The standard InChI is InChI=1S/C6H12N2O4S/c1-3(7)5(9)11-13-12-6(10)4(2)8/h3-4H,7-8H2,1-2H3/t3-,4-/m0/s1. The molecule has 0 aromatic rings. The topological polar surface area (TPSA) is 105 Å². The summed E-state index contributed by atoms with van der Waals surface area (Å²) in [6.45, 7) is 2.91. The van der Waals surface area contributed by atoms with Gasteiger partial charge in [-0.1, -0.05) is 0 Å². The molecule has 0 rings (SSSR count). The Morgan fingerprint density at radius 1 is 1.08 bits per heavy atom. The van der Waals surface area contributed by atoms with Gasteiger partial charge in [-0.25, -0.2) is 9.59 Å². The van der Waals surface area contributed by atoms with Crippen LogP contribution in [-0.2, 0) is 18.0 Å². The molecule has 76 valence electrons. The van der Waals surface area contributed by atoms with Crippen molar-refractivity contribution in [1.29, 1.82) is 0 Å². The van der Waals surface area contributed by atoms with Crippen LogP contribution in [0.3, 0.4) is 0 Å². The number of carbonyl (C=O) groups is 2. The summed E-state index contributed by atoms with van der Waals surface area (Å²) in [6, 6.07) is -1.50. The van der Waals surface area contributed by atoms with E-state index in [0.717, 1.165) is 0 Å². The molecular weight excluding hydrogens is 196 g/mol. The molecule has 0 spiro atoms. The smallest absolute Gasteiger partial charge is 0.337 e. The number of rotatable bonds is 4. The first kappa shape index (κ1) is 12.2. The highest BCUT2D eigenvalue weighted by Crippen LogP contribution is 2.07. The Bertz CT molecular complexity index is 175. The number of hydrogen-bond acceptors (Lipinski definition) is 7. The summed E-state index contributed by atoms with van der Waals surface area (Å²) in [5.74, 6) is -1.33. The maximum atomic E-state index is 10.7. The highest BCUT2D eigenvalue weighted by atomic mass is 32.2. The Labute approximate surface area is 80.3 Å². The van der Waals surface area contributed by atoms with Crippen molar-refractivity contribution in [2.24, 2.45) is 11.5 Å². The van der Waals surface area contributed by atoms with Crippen molar-refractivity contribution in [3.63, 3.8) is 0 Å². The van der Waals surface area contributed by atoms with Crippen molar-refractivity contribution in [2.45, 2.75) is 25.9 Å². The van der Waals surface area contributed by atoms with Crippen molar-refractivity contribution < 1.29 is 18.0 Å². The molecule has 0 fully saturated rings. The fraction of sp³-hybridized carbons (Fsp3) is 0.667. The van der Waals surface area contributed by atoms with Crippen LogP contribution in [-0.4, -0.2) is 24.0 Å². The molecule has 0 aromatic heterocycles. The lowest BCUT2D eigenvalue weighted by molar-refractivity contribution is -0.137. The van der Waals surface area contributed by atoms with Crippen LogP contribution in [0.2, 0.25) is 0 Å². The lowest BCUT2D eigenvalue weighted by atomic mass is 10.4. The summed E-state index contributed by atoms with van der Waals surface area (Å²) in [4.78, 5) is 21.4. The zero-order valence-corrected chi connectivity index (χ0v) is 8.17. The molecule has 0 heterocycles. The molecule has 0 saturated heterocycles. The normalized spacial score (nSPS) is 14.5. The summed E-state index contributed by atoms with van der Waals surface area (Å²) in [6.07, 6.45) is 0. The summed E-state index contributed by atoms with van der Waals surface area (Å²) in [5.41, 5.74) is 10.3. The highest BCUT2D eigenvalue weighted by molar-refractivity contribution is 7.90. The van der Waals surface area contributed by atoms with E-state index in [0.29, 0.717) is 0 Å². The number of nitrogens with two attached hydrogens (primary N) is 2. The van der Waals surface area contributed by atoms with Gasteiger partial charge in [0.25, 0.3) is 12.3 Å². The summed E-state index contributed by atoms with van der Waals surface area (Å²) in [7, 11) is 0. The van der Waals surface area contributed by atoms with Gasteiger partial charge in [-0.2, -0.15) is 0 Å². The summed E-state index contributed by atoms with van der Waals surface area (Å²) >= 11 is 0.267. The van der Waals surface area contributed by atoms with Gasteiger partial charge in [0.2, 0.25) is 0 Å². The van der Waals surface area contributed by atoms with Crippen molar-refractivity contribution in [1.82, 2.24) is 0 Å². The second kappa shape index (κ2) is 5.79. The third-order valence-corrected chi connectivity index (χ3v) is 1.44. The van der Waals surface area contributed by atoms with Crippen LogP contribution >= 0.6 is 12.3 Å². The molecule has 0 amide bonds. The van der Waals surface area contributed by atoms with E-state index >= 15 is 0 Å². The quantitative estimate of drug-likeness (QED) is 0.590. The minimum Gasteiger partial charge on any atom is -0.353 e. The average molecular weight is 208 g/mol. The molecule has 0 aliphatic heterocycles. The van der Waals surface area contributed by atoms with E-state index in [-0.39, 0.29) is 12.3 Å². The summed E-state index contributed by atoms with van der Waals surface area (Å²) in [5, 5.41) is 0. The van der Waals surface area contributed by atoms with Gasteiger partial charge in [-0.3, -0.25) is 0 Å². The van der Waals surface area contributed by atoms with E-state index in [4.69, 9.17) is 11.5 Å². The second-order valence-electron chi connectivity index (χ2n) is 2.45. The van der Waals surface area contributed by atoms with Gasteiger partial charge in [0, 0.05) is 0 Å². The molecule has 4 N–H and O–H groups in total. The van der Waals surface area contributed by atoms with Gasteiger partial charge in [-0.15, -0.1) is 0 Å². The van der Waals surface area contributed by atoms with Crippen LogP contribution in [0.15, 0.2) is 0 Å². The zero-order valence-electron chi connectivity index (χ0n) is 7.35. The van der Waals surface area contributed by atoms with Crippen molar-refractivity contribution >= 4 is 24.3 Å². The van der Waals surface area contributed by atoms with E-state index in [1.54, 1.807) is 0 Å². The van der Waals surface area contributed by atoms with Gasteiger partial charge < -0.3 is 19.8 Å². The van der Waals surface area contributed by atoms with Gasteiger partial charge in [-0.05, 0) is 13.8 Å². The van der Waals surface area contributed by atoms with Crippen LogP contribution in [0, 0.1) is 0 Å². The lowest BCUT2D eigenvalue weighted by Gasteiger charge is -2.05. The van der Waals surface area contributed by atoms with E-state index in [1.165, 1.54) is 13.8 Å². The van der Waals surface area contributed by atoms with E-state index < -0.39 is 24.0 Å². The van der Waals surface area contributed by atoms with Gasteiger partial charge in [0.05, 0.1) is 0 Å². The maximum absolute atomic E-state index is 10.7. The van der Waals surface area contributed by atoms with Crippen LogP contribution in [0.1, 0.15) is 13.8 Å². The fourth-order valence-corrected chi connectivity index (χ4v) is 0.708. The molecule has 7 heteroatoms. The van der Waals surface area contributed by atoms with Gasteiger partial charge >= 0.3 is 11.9 Å². The molecule has 0 aliphatic carbocycles. The van der Waals surface area contributed by atoms with Crippen LogP contribution < -0.4 is 11.5 Å². The van der Waals surface area contributed by atoms with Gasteiger partial charge in [0.15, 0.2) is 0 Å². The molecule has 0 bridgehead atoms. The van der Waals surface area contributed by atoms with Crippen LogP contribution in [0.4, 0.5) is 0 Å². The Balaban J connectivity index is 3.57. The van der Waals surface area contributed by atoms with E-state index in [2.05, 4.69) is 8.37 Å². The Morgan fingerprint density at radius 3 is 1.62 bits per heavy atom. The molecule has 13 heavy (non-hydrogen) atoms. The zero-order chi connectivity index (χ0) is 10.4. The maximum Gasteiger partial charge on any atom is 0.337 e. The highest BCUT2D eigenvalue weighted by Gasteiger charge is 2.14. The van der Waals surface area contributed by atoms with Crippen molar-refractivity contribution in [3.05, 3.63) is 0 Å². The molecule has 0 aromatic carbocycles. The van der Waals surface area contributed by atoms with E-state index in [1.807, 2.05) is 0 Å². The Hall–Kier alpha value is -0.790. The predicted molar refractivity (Wildman–Crippen MR) is 47.1 cm³/mol. The van der Waals surface area contributed by atoms with Crippen LogP contribution in [0.5, 0.6) is 0 Å². The molecule has 0 radical (unpaired) electrons. The minimum absolute atomic E-state index is 0.267. The molecule has 0 saturated carbocycles. The molecule has 0 aliphatic rings. The van der Waals surface area contributed by atoms with Crippen molar-refractivity contribution in [3.8, 4) is 0 Å². The minimum atomic E-state index is -0.749. The average Bonchev–Trinajstić information content (AvgIpc) is 2.03. The fourth-order valence-electron chi connectivity index (χ4n) is 0.236. The second-order valence-corrected chi connectivity index (χ2v) is 2.92. The molecule has 2 atom stereocenters. The SMILES string of the molecule is C[C@H](N)C(=O)OSOC(=O)[C@H](C)N. The predicted octanol–water partition coefficient (Wildman–Crippen LogP) is -0.670. The molecular formula is C6H12N2O4S. The first-order valence-electron chi connectivity index (χ1n) is 3.55. The van der Waals surface area contributed by atoms with Gasteiger partial charge in [0.1, 0.15) is 12.1 Å². The number of carbonyl (C=O) groups excluding carboxylic acids is 2. The third kappa shape index (κ3) is 5.45. The molecule has 6 nitrogen and oxygen atoms in total. The monoisotopic (exact) mass is 208 g/mol. The third-order valence-electron chi connectivity index (χ3n) is 0.976. The summed E-state index contributed by atoms with van der Waals surface area (Å²) < 4.78 is 8.76. The Morgan fingerprint density at radius 2 is 1.38 bits per heavy atom. The van der Waals surface area contributed by atoms with Crippen molar-refractivity contribution in [2.75, 3.05) is 0 Å². The first-order chi connectivity index (χ1) is 5.95. The van der Waals surface area contributed by atoms with E-state index in [9.17, 15) is 9.59 Å². The lowest BCUT2D eigenvalue weighted by Crippen LogP contribution is -2.29. The Kier molecular flexibility index (Phi) is 5.44. The van der Waals surface area contributed by atoms with Crippen LogP contribution in [0.25, 0.3) is 0 Å². The largest absolute Gasteiger partial charge is 0.353 e. The molecule has 0 unspecified atom stereocenters. The first-order valence-corrected chi connectivity index (χ1v) is 4.22.